The highest BCUT2D eigenvalue weighted by atomic mass is 16.5. The number of aryl methyl sites for hydroxylation is 3. The van der Waals surface area contributed by atoms with Crippen molar-refractivity contribution in [2.75, 3.05) is 13.7 Å². The summed E-state index contributed by atoms with van der Waals surface area (Å²) < 4.78 is 10.9. The zero-order valence-electron chi connectivity index (χ0n) is 11.5. The van der Waals surface area contributed by atoms with Gasteiger partial charge >= 0.3 is 0 Å². The van der Waals surface area contributed by atoms with Gasteiger partial charge in [-0.25, -0.2) is 4.98 Å². The van der Waals surface area contributed by atoms with E-state index in [-0.39, 0.29) is 0 Å². The molecule has 2 N–H and O–H groups in total. The van der Waals surface area contributed by atoms with E-state index in [1.165, 1.54) is 5.56 Å². The third-order valence-corrected chi connectivity index (χ3v) is 3.08. The minimum absolute atomic E-state index is 0.600. The number of benzene rings is 1. The number of nitrogens with zero attached hydrogens (tertiary/aromatic N) is 1. The van der Waals surface area contributed by atoms with Gasteiger partial charge in [-0.3, -0.25) is 0 Å². The normalized spacial score (nSPS) is 10.7. The van der Waals surface area contributed by atoms with Gasteiger partial charge in [0.15, 0.2) is 5.89 Å². The van der Waals surface area contributed by atoms with E-state index in [2.05, 4.69) is 11.1 Å². The molecule has 19 heavy (non-hydrogen) atoms. The Morgan fingerprint density at radius 3 is 2.84 bits per heavy atom. The second-order valence-corrected chi connectivity index (χ2v) is 4.50. The smallest absolute Gasteiger partial charge is 0.194 e. The fourth-order valence-electron chi connectivity index (χ4n) is 2.04. The highest BCUT2D eigenvalue weighted by Gasteiger charge is 2.08. The number of hydrogen-bond donors (Lipinski definition) is 1. The molecule has 0 spiro atoms. The lowest BCUT2D eigenvalue weighted by Gasteiger charge is -2.02. The molecular weight excluding hydrogens is 240 g/mol. The van der Waals surface area contributed by atoms with E-state index in [4.69, 9.17) is 14.9 Å². The van der Waals surface area contributed by atoms with Crippen LogP contribution in [0.4, 0.5) is 0 Å². The lowest BCUT2D eigenvalue weighted by atomic mass is 10.1. The van der Waals surface area contributed by atoms with Crippen molar-refractivity contribution in [2.24, 2.45) is 5.73 Å². The first-order valence-electron chi connectivity index (χ1n) is 6.51. The molecule has 1 aromatic carbocycles. The van der Waals surface area contributed by atoms with Crippen LogP contribution in [0.25, 0.3) is 0 Å². The molecule has 0 aliphatic rings. The Labute approximate surface area is 113 Å². The zero-order chi connectivity index (χ0) is 13.7. The summed E-state index contributed by atoms with van der Waals surface area (Å²) in [6.45, 7) is 2.54. The van der Waals surface area contributed by atoms with E-state index in [1.54, 1.807) is 7.11 Å². The first-order chi connectivity index (χ1) is 9.22. The number of oxazole rings is 1. The van der Waals surface area contributed by atoms with Gasteiger partial charge in [0.25, 0.3) is 0 Å². The van der Waals surface area contributed by atoms with Gasteiger partial charge in [0.1, 0.15) is 11.5 Å². The van der Waals surface area contributed by atoms with Crippen LogP contribution in [0.5, 0.6) is 5.75 Å². The van der Waals surface area contributed by atoms with Gasteiger partial charge in [-0.2, -0.15) is 0 Å². The maximum Gasteiger partial charge on any atom is 0.194 e. The molecule has 0 saturated heterocycles. The quantitative estimate of drug-likeness (QED) is 0.865. The van der Waals surface area contributed by atoms with Crippen molar-refractivity contribution in [1.29, 1.82) is 0 Å². The Balaban J connectivity index is 1.99. The molecule has 4 nitrogen and oxygen atoms in total. The number of aromatic nitrogens is 1. The largest absolute Gasteiger partial charge is 0.497 e. The van der Waals surface area contributed by atoms with Crippen LogP contribution in [0.2, 0.25) is 0 Å². The van der Waals surface area contributed by atoms with E-state index < -0.39 is 0 Å². The molecule has 0 saturated carbocycles. The van der Waals surface area contributed by atoms with Gasteiger partial charge in [-0.05, 0) is 37.6 Å². The molecular formula is C15H20N2O2. The topological polar surface area (TPSA) is 61.3 Å². The van der Waals surface area contributed by atoms with Gasteiger partial charge in [-0.15, -0.1) is 0 Å². The van der Waals surface area contributed by atoms with Crippen LogP contribution in [-0.2, 0) is 19.3 Å². The predicted molar refractivity (Wildman–Crippen MR) is 74.4 cm³/mol. The maximum absolute atomic E-state index is 5.65. The van der Waals surface area contributed by atoms with Crippen LogP contribution in [-0.4, -0.2) is 18.6 Å². The van der Waals surface area contributed by atoms with Crippen molar-refractivity contribution in [2.45, 2.75) is 26.2 Å². The van der Waals surface area contributed by atoms with Crippen molar-refractivity contribution in [3.63, 3.8) is 0 Å². The fraction of sp³-hybridized carbons (Fsp3) is 0.400. The summed E-state index contributed by atoms with van der Waals surface area (Å²) in [6.07, 6.45) is 2.45. The van der Waals surface area contributed by atoms with Crippen molar-refractivity contribution >= 4 is 0 Å². The monoisotopic (exact) mass is 260 g/mol. The molecule has 0 radical (unpaired) electrons. The van der Waals surface area contributed by atoms with Gasteiger partial charge < -0.3 is 14.9 Å². The summed E-state index contributed by atoms with van der Waals surface area (Å²) in [5.41, 5.74) is 7.73. The molecule has 1 aromatic heterocycles. The molecule has 0 amide bonds. The lowest BCUT2D eigenvalue weighted by molar-refractivity contribution is 0.414. The summed E-state index contributed by atoms with van der Waals surface area (Å²) in [6, 6.07) is 8.06. The van der Waals surface area contributed by atoms with Crippen LogP contribution >= 0.6 is 0 Å². The van der Waals surface area contributed by atoms with Crippen LogP contribution < -0.4 is 10.5 Å². The SMILES string of the molecule is COc1cccc(CCc2nc(CCN)c(C)o2)c1. The maximum atomic E-state index is 5.65. The average molecular weight is 260 g/mol. The predicted octanol–water partition coefficient (Wildman–Crippen LogP) is 2.28. The van der Waals surface area contributed by atoms with E-state index in [0.717, 1.165) is 42.4 Å². The van der Waals surface area contributed by atoms with E-state index in [0.29, 0.717) is 6.54 Å². The summed E-state index contributed by atoms with van der Waals surface area (Å²) in [5, 5.41) is 0. The fourth-order valence-corrected chi connectivity index (χ4v) is 2.04. The molecule has 0 unspecified atom stereocenters. The minimum atomic E-state index is 0.600. The summed E-state index contributed by atoms with van der Waals surface area (Å²) in [5.74, 6) is 2.54. The lowest BCUT2D eigenvalue weighted by Crippen LogP contribution is -2.04. The highest BCUT2D eigenvalue weighted by Crippen LogP contribution is 2.16. The third-order valence-electron chi connectivity index (χ3n) is 3.08. The van der Waals surface area contributed by atoms with Gasteiger partial charge in [0, 0.05) is 12.8 Å². The van der Waals surface area contributed by atoms with E-state index in [1.807, 2.05) is 25.1 Å². The standard InChI is InChI=1S/C15H20N2O2/c1-11-14(8-9-16)17-15(19-11)7-6-12-4-3-5-13(10-12)18-2/h3-5,10H,6-9,16H2,1-2H3. The highest BCUT2D eigenvalue weighted by molar-refractivity contribution is 5.28. The molecule has 0 atom stereocenters. The van der Waals surface area contributed by atoms with Crippen molar-refractivity contribution in [3.8, 4) is 5.75 Å². The molecule has 0 aliphatic heterocycles. The van der Waals surface area contributed by atoms with Gasteiger partial charge in [-0.1, -0.05) is 12.1 Å². The summed E-state index contributed by atoms with van der Waals surface area (Å²) in [7, 11) is 1.68. The number of methoxy groups -OCH3 is 1. The second kappa shape index (κ2) is 6.38. The first kappa shape index (κ1) is 13.6. The molecule has 0 bridgehead atoms. The van der Waals surface area contributed by atoms with E-state index in [9.17, 15) is 0 Å². The molecule has 1 heterocycles. The first-order valence-corrected chi connectivity index (χ1v) is 6.51. The molecule has 4 heteroatoms. The van der Waals surface area contributed by atoms with Crippen LogP contribution in [0, 0.1) is 6.92 Å². The Morgan fingerprint density at radius 1 is 1.26 bits per heavy atom. The number of rotatable bonds is 6. The summed E-state index contributed by atoms with van der Waals surface area (Å²) >= 11 is 0. The minimum Gasteiger partial charge on any atom is -0.497 e. The Bertz CT molecular complexity index is 535. The average Bonchev–Trinajstić information content (AvgIpc) is 2.78. The molecule has 0 fully saturated rings. The van der Waals surface area contributed by atoms with Crippen LogP contribution in [0.1, 0.15) is 22.9 Å². The number of ether oxygens (including phenoxy) is 1. The molecule has 0 aliphatic carbocycles. The van der Waals surface area contributed by atoms with Crippen LogP contribution in [0.3, 0.4) is 0 Å². The van der Waals surface area contributed by atoms with Gasteiger partial charge in [0.2, 0.25) is 0 Å². The number of hydrogen-bond acceptors (Lipinski definition) is 4. The molecule has 102 valence electrons. The van der Waals surface area contributed by atoms with Crippen molar-refractivity contribution < 1.29 is 9.15 Å². The van der Waals surface area contributed by atoms with E-state index >= 15 is 0 Å². The Hall–Kier alpha value is -1.81. The van der Waals surface area contributed by atoms with Crippen molar-refractivity contribution in [1.82, 2.24) is 4.98 Å². The zero-order valence-corrected chi connectivity index (χ0v) is 11.5. The molecule has 2 rings (SSSR count). The third kappa shape index (κ3) is 3.58. The van der Waals surface area contributed by atoms with Gasteiger partial charge in [0.05, 0.1) is 12.8 Å². The Morgan fingerprint density at radius 2 is 2.11 bits per heavy atom. The van der Waals surface area contributed by atoms with Crippen LogP contribution in [0.15, 0.2) is 28.7 Å². The Kier molecular flexibility index (Phi) is 4.58. The molecule has 2 aromatic rings. The van der Waals surface area contributed by atoms with Crippen molar-refractivity contribution in [3.05, 3.63) is 47.2 Å². The second-order valence-electron chi connectivity index (χ2n) is 4.50. The number of nitrogens with two attached hydrogens (primary N) is 1. The summed E-state index contributed by atoms with van der Waals surface area (Å²) in [4.78, 5) is 4.48.